The lowest BCUT2D eigenvalue weighted by Crippen LogP contribution is -2.24. The van der Waals surface area contributed by atoms with E-state index in [9.17, 15) is 4.79 Å². The van der Waals surface area contributed by atoms with E-state index in [-0.39, 0.29) is 5.91 Å². The second kappa shape index (κ2) is 20.2. The van der Waals surface area contributed by atoms with E-state index in [0.29, 0.717) is 6.42 Å². The minimum atomic E-state index is 0.166. The van der Waals surface area contributed by atoms with Gasteiger partial charge in [-0.25, -0.2) is 4.98 Å². The molecule has 1 amide bonds. The quantitative estimate of drug-likeness (QED) is 0.156. The fraction of sp³-hybridized carbons (Fsp3) is 0.750. The van der Waals surface area contributed by atoms with Crippen molar-refractivity contribution >= 4 is 16.9 Å². The summed E-state index contributed by atoms with van der Waals surface area (Å²) in [6.07, 6.45) is 25.8. The number of imidazole rings is 1. The smallest absolute Gasteiger partial charge is 0.219 e. The molecule has 2 aromatic rings. The number of nitrogens with one attached hydrogen (secondary N) is 1. The Morgan fingerprint density at radius 3 is 1.86 bits per heavy atom. The summed E-state index contributed by atoms with van der Waals surface area (Å²) in [5.74, 6) is 1.33. The van der Waals surface area contributed by atoms with Gasteiger partial charge < -0.3 is 9.88 Å². The maximum Gasteiger partial charge on any atom is 0.219 e. The molecule has 0 unspecified atom stereocenters. The van der Waals surface area contributed by atoms with Crippen LogP contribution in [0.4, 0.5) is 0 Å². The number of benzene rings is 1. The van der Waals surface area contributed by atoms with E-state index in [0.717, 1.165) is 37.9 Å². The summed E-state index contributed by atoms with van der Waals surface area (Å²) < 4.78 is 2.42. The van der Waals surface area contributed by atoms with E-state index in [1.54, 1.807) is 0 Å². The van der Waals surface area contributed by atoms with Crippen molar-refractivity contribution < 1.29 is 4.79 Å². The van der Waals surface area contributed by atoms with Gasteiger partial charge in [-0.3, -0.25) is 4.79 Å². The number of aromatic nitrogens is 2. The molecule has 4 nitrogen and oxygen atoms in total. The number of hydrogen-bond donors (Lipinski definition) is 1. The van der Waals surface area contributed by atoms with Gasteiger partial charge >= 0.3 is 0 Å². The zero-order valence-electron chi connectivity index (χ0n) is 23.7. The zero-order chi connectivity index (χ0) is 25.7. The van der Waals surface area contributed by atoms with Gasteiger partial charge in [0, 0.05) is 25.9 Å². The average molecular weight is 498 g/mol. The fourth-order valence-electron chi connectivity index (χ4n) is 5.17. The molecule has 1 aromatic heterocycles. The number of unbranched alkanes of at least 4 members (excludes halogenated alkanes) is 15. The van der Waals surface area contributed by atoms with Crippen LogP contribution in [-0.4, -0.2) is 22.0 Å². The molecule has 4 heteroatoms. The van der Waals surface area contributed by atoms with Crippen LogP contribution in [0.3, 0.4) is 0 Å². The Morgan fingerprint density at radius 1 is 0.722 bits per heavy atom. The van der Waals surface area contributed by atoms with E-state index in [1.807, 2.05) is 6.92 Å². The Labute approximate surface area is 222 Å². The summed E-state index contributed by atoms with van der Waals surface area (Å²) in [7, 11) is 0. The van der Waals surface area contributed by atoms with Crippen LogP contribution in [0.15, 0.2) is 24.3 Å². The average Bonchev–Trinajstić information content (AvgIpc) is 3.24. The van der Waals surface area contributed by atoms with Crippen molar-refractivity contribution in [3.05, 3.63) is 30.1 Å². The molecule has 1 N–H and O–H groups in total. The third-order valence-electron chi connectivity index (χ3n) is 7.35. The molecule has 2 rings (SSSR count). The maximum absolute atomic E-state index is 11.7. The molecule has 204 valence electrons. The monoisotopic (exact) mass is 497 g/mol. The van der Waals surface area contributed by atoms with Crippen LogP contribution in [0.1, 0.15) is 142 Å². The van der Waals surface area contributed by atoms with E-state index < -0.39 is 0 Å². The summed E-state index contributed by atoms with van der Waals surface area (Å²) >= 11 is 0. The number of aryl methyl sites for hydroxylation is 2. The van der Waals surface area contributed by atoms with Gasteiger partial charge in [-0.05, 0) is 31.4 Å². The highest BCUT2D eigenvalue weighted by Gasteiger charge is 2.10. The molecule has 0 saturated carbocycles. The Kier molecular flexibility index (Phi) is 17.1. The van der Waals surface area contributed by atoms with Crippen molar-refractivity contribution in [2.45, 2.75) is 149 Å². The Hall–Kier alpha value is -1.84. The highest BCUT2D eigenvalue weighted by Crippen LogP contribution is 2.19. The number of amides is 1. The molecule has 1 aromatic carbocycles. The van der Waals surface area contributed by atoms with Crippen LogP contribution in [-0.2, 0) is 17.8 Å². The van der Waals surface area contributed by atoms with Crippen LogP contribution >= 0.6 is 0 Å². The SMILES string of the molecule is CCCCCCCCCCCCCCCCCCn1c(CCCNC(=O)CCC)nc2ccccc21. The minimum Gasteiger partial charge on any atom is -0.356 e. The van der Waals surface area contributed by atoms with Crippen molar-refractivity contribution in [3.63, 3.8) is 0 Å². The minimum absolute atomic E-state index is 0.166. The molecule has 0 fully saturated rings. The van der Waals surface area contributed by atoms with Crippen LogP contribution in [0.25, 0.3) is 11.0 Å². The highest BCUT2D eigenvalue weighted by molar-refractivity contribution is 5.76. The lowest BCUT2D eigenvalue weighted by Gasteiger charge is -2.10. The lowest BCUT2D eigenvalue weighted by atomic mass is 10.0. The predicted octanol–water partition coefficient (Wildman–Crippen LogP) is 9.15. The van der Waals surface area contributed by atoms with Gasteiger partial charge in [0.1, 0.15) is 5.82 Å². The van der Waals surface area contributed by atoms with Gasteiger partial charge in [0.25, 0.3) is 0 Å². The van der Waals surface area contributed by atoms with Gasteiger partial charge in [-0.1, -0.05) is 122 Å². The van der Waals surface area contributed by atoms with Gasteiger partial charge in [0.15, 0.2) is 0 Å². The fourth-order valence-corrected chi connectivity index (χ4v) is 5.17. The highest BCUT2D eigenvalue weighted by atomic mass is 16.1. The number of fused-ring (bicyclic) bond motifs is 1. The van der Waals surface area contributed by atoms with Gasteiger partial charge in [-0.15, -0.1) is 0 Å². The van der Waals surface area contributed by atoms with Crippen LogP contribution < -0.4 is 5.32 Å². The molecule has 0 saturated heterocycles. The predicted molar refractivity (Wildman–Crippen MR) is 156 cm³/mol. The van der Waals surface area contributed by atoms with E-state index >= 15 is 0 Å². The van der Waals surface area contributed by atoms with E-state index in [1.165, 1.54) is 114 Å². The van der Waals surface area contributed by atoms with E-state index in [2.05, 4.69) is 41.1 Å². The molecule has 0 spiro atoms. The van der Waals surface area contributed by atoms with Crippen molar-refractivity contribution in [1.29, 1.82) is 0 Å². The summed E-state index contributed by atoms with van der Waals surface area (Å²) in [6, 6.07) is 8.50. The Balaban J connectivity index is 1.54. The van der Waals surface area contributed by atoms with Crippen LogP contribution in [0.2, 0.25) is 0 Å². The number of rotatable bonds is 23. The first-order chi connectivity index (χ1) is 17.8. The number of carbonyl (C=O) groups excluding carboxylic acids is 1. The first-order valence-corrected chi connectivity index (χ1v) is 15.5. The van der Waals surface area contributed by atoms with Crippen molar-refractivity contribution in [1.82, 2.24) is 14.9 Å². The third-order valence-corrected chi connectivity index (χ3v) is 7.35. The molecule has 0 aliphatic heterocycles. The largest absolute Gasteiger partial charge is 0.356 e. The normalized spacial score (nSPS) is 11.4. The topological polar surface area (TPSA) is 46.9 Å². The number of para-hydroxylation sites is 2. The Bertz CT molecular complexity index is 813. The second-order valence-corrected chi connectivity index (χ2v) is 10.7. The van der Waals surface area contributed by atoms with Gasteiger partial charge in [0.2, 0.25) is 5.91 Å². The molecule has 0 aliphatic rings. The Morgan fingerprint density at radius 2 is 1.28 bits per heavy atom. The molecule has 0 radical (unpaired) electrons. The first-order valence-electron chi connectivity index (χ1n) is 15.5. The first kappa shape index (κ1) is 30.4. The molecule has 0 atom stereocenters. The second-order valence-electron chi connectivity index (χ2n) is 10.7. The molecule has 1 heterocycles. The number of hydrogen-bond acceptors (Lipinski definition) is 2. The molecule has 36 heavy (non-hydrogen) atoms. The third kappa shape index (κ3) is 12.9. The number of carbonyl (C=O) groups is 1. The molecular formula is C32H55N3O. The van der Waals surface area contributed by atoms with Gasteiger partial charge in [0.05, 0.1) is 11.0 Å². The van der Waals surface area contributed by atoms with Crippen molar-refractivity contribution in [3.8, 4) is 0 Å². The summed E-state index contributed by atoms with van der Waals surface area (Å²) in [5, 5.41) is 3.03. The summed E-state index contributed by atoms with van der Waals surface area (Å²) in [5.41, 5.74) is 2.35. The lowest BCUT2D eigenvalue weighted by molar-refractivity contribution is -0.121. The van der Waals surface area contributed by atoms with Crippen LogP contribution in [0.5, 0.6) is 0 Å². The van der Waals surface area contributed by atoms with Crippen molar-refractivity contribution in [2.24, 2.45) is 0 Å². The summed E-state index contributed by atoms with van der Waals surface area (Å²) in [6.45, 7) is 6.12. The molecule has 0 bridgehead atoms. The zero-order valence-corrected chi connectivity index (χ0v) is 23.7. The molecule has 0 aliphatic carbocycles. The number of nitrogens with zero attached hydrogens (tertiary/aromatic N) is 2. The van der Waals surface area contributed by atoms with E-state index in [4.69, 9.17) is 4.98 Å². The van der Waals surface area contributed by atoms with Crippen LogP contribution in [0, 0.1) is 0 Å². The van der Waals surface area contributed by atoms with Gasteiger partial charge in [-0.2, -0.15) is 0 Å². The molecular weight excluding hydrogens is 442 g/mol. The standard InChI is InChI=1S/C32H55N3O/c1-3-5-6-7-8-9-10-11-12-13-14-15-16-17-18-21-28-35-30-25-20-19-24-29(30)34-31(35)26-22-27-33-32(36)23-4-2/h19-20,24-25H,3-18,21-23,26-28H2,1-2H3,(H,33,36). The summed E-state index contributed by atoms with van der Waals surface area (Å²) in [4.78, 5) is 16.6. The maximum atomic E-state index is 11.7. The van der Waals surface area contributed by atoms with Crippen molar-refractivity contribution in [2.75, 3.05) is 6.54 Å².